The van der Waals surface area contributed by atoms with Gasteiger partial charge in [-0.3, -0.25) is 4.79 Å². The van der Waals surface area contributed by atoms with Crippen LogP contribution in [0.1, 0.15) is 17.9 Å². The highest BCUT2D eigenvalue weighted by atomic mass is 16.5. The highest BCUT2D eigenvalue weighted by Crippen LogP contribution is 2.23. The van der Waals surface area contributed by atoms with E-state index in [4.69, 9.17) is 4.74 Å². The second-order valence-corrected chi connectivity index (χ2v) is 6.69. The van der Waals surface area contributed by atoms with E-state index in [1.54, 1.807) is 18.3 Å². The number of carbonyl (C=O) groups excluding carboxylic acids is 1. The van der Waals surface area contributed by atoms with Crippen LogP contribution in [0.2, 0.25) is 0 Å². The predicted octanol–water partition coefficient (Wildman–Crippen LogP) is 1.73. The van der Waals surface area contributed by atoms with Crippen molar-refractivity contribution >= 4 is 11.6 Å². The second-order valence-electron chi connectivity index (χ2n) is 6.69. The van der Waals surface area contributed by atoms with E-state index in [1.807, 2.05) is 32.1 Å². The molecule has 1 aliphatic rings. The van der Waals surface area contributed by atoms with Gasteiger partial charge in [-0.2, -0.15) is 0 Å². The molecule has 0 fully saturated rings. The minimum atomic E-state index is -0.0494. The zero-order valence-corrected chi connectivity index (χ0v) is 15.0. The van der Waals surface area contributed by atoms with E-state index in [-0.39, 0.29) is 11.8 Å². The minimum Gasteiger partial charge on any atom is -0.476 e. The number of nitrogens with zero attached hydrogens (tertiary/aromatic N) is 4. The van der Waals surface area contributed by atoms with Gasteiger partial charge < -0.3 is 19.5 Å². The summed E-state index contributed by atoms with van der Waals surface area (Å²) in [6.45, 7) is 4.08. The van der Waals surface area contributed by atoms with Crippen molar-refractivity contribution < 1.29 is 9.53 Å². The first-order valence-electron chi connectivity index (χ1n) is 8.58. The quantitative estimate of drug-likeness (QED) is 0.865. The topological polar surface area (TPSA) is 72.3 Å². The lowest BCUT2D eigenvalue weighted by Gasteiger charge is -2.24. The average Bonchev–Trinajstić information content (AvgIpc) is 2.95. The number of hydrogen-bond donors (Lipinski definition) is 1. The van der Waals surface area contributed by atoms with Crippen LogP contribution in [-0.2, 0) is 17.8 Å². The molecule has 3 rings (SSSR count). The largest absolute Gasteiger partial charge is 0.476 e. The normalized spacial score (nSPS) is 16.6. The van der Waals surface area contributed by atoms with Crippen molar-refractivity contribution in [2.45, 2.75) is 26.3 Å². The van der Waals surface area contributed by atoms with Gasteiger partial charge in [0.05, 0.1) is 5.92 Å². The minimum absolute atomic E-state index is 0.0317. The Bertz CT molecular complexity index is 741. The van der Waals surface area contributed by atoms with Gasteiger partial charge >= 0.3 is 0 Å². The summed E-state index contributed by atoms with van der Waals surface area (Å²) >= 11 is 0. The molecule has 0 saturated carbocycles. The molecule has 3 heterocycles. The first kappa shape index (κ1) is 17.4. The molecule has 0 spiro atoms. The van der Waals surface area contributed by atoms with Gasteiger partial charge in [-0.1, -0.05) is 0 Å². The molecule has 25 heavy (non-hydrogen) atoms. The Morgan fingerprint density at radius 2 is 2.28 bits per heavy atom. The molecule has 1 amide bonds. The highest BCUT2D eigenvalue weighted by molar-refractivity contribution is 5.92. The number of nitrogens with one attached hydrogen (secondary N) is 1. The van der Waals surface area contributed by atoms with Crippen LogP contribution < -0.4 is 10.1 Å². The number of hydrogen-bond acceptors (Lipinski definition) is 5. The second kappa shape index (κ2) is 7.65. The molecule has 1 aliphatic heterocycles. The van der Waals surface area contributed by atoms with E-state index in [0.717, 1.165) is 30.9 Å². The van der Waals surface area contributed by atoms with Crippen molar-refractivity contribution in [3.63, 3.8) is 0 Å². The van der Waals surface area contributed by atoms with E-state index in [1.165, 1.54) is 0 Å². The summed E-state index contributed by atoms with van der Waals surface area (Å²) in [5, 5.41) is 2.99. The van der Waals surface area contributed by atoms with Crippen LogP contribution >= 0.6 is 0 Å². The summed E-state index contributed by atoms with van der Waals surface area (Å²) < 4.78 is 7.75. The molecule has 0 bridgehead atoms. The molecule has 0 aromatic carbocycles. The molecule has 7 heteroatoms. The van der Waals surface area contributed by atoms with Crippen LogP contribution in [0.25, 0.3) is 0 Å². The number of pyridine rings is 1. The van der Waals surface area contributed by atoms with E-state index in [0.29, 0.717) is 24.7 Å². The number of ether oxygens (including phenoxy) is 1. The summed E-state index contributed by atoms with van der Waals surface area (Å²) in [5.41, 5.74) is 1.82. The van der Waals surface area contributed by atoms with Crippen LogP contribution in [0.15, 0.2) is 24.5 Å². The van der Waals surface area contributed by atoms with Crippen LogP contribution in [0.3, 0.4) is 0 Å². The Morgan fingerprint density at radius 1 is 1.44 bits per heavy atom. The average molecular weight is 343 g/mol. The Morgan fingerprint density at radius 3 is 3.08 bits per heavy atom. The lowest BCUT2D eigenvalue weighted by molar-refractivity contribution is -0.120. The fourth-order valence-corrected chi connectivity index (χ4v) is 2.93. The number of anilines is 1. The maximum atomic E-state index is 12.6. The van der Waals surface area contributed by atoms with Gasteiger partial charge in [0.15, 0.2) is 0 Å². The monoisotopic (exact) mass is 343 g/mol. The number of rotatable bonds is 6. The van der Waals surface area contributed by atoms with Crippen LogP contribution in [0, 0.1) is 12.8 Å². The predicted molar refractivity (Wildman–Crippen MR) is 95.7 cm³/mol. The van der Waals surface area contributed by atoms with Crippen molar-refractivity contribution in [1.29, 1.82) is 0 Å². The molecule has 0 saturated heterocycles. The van der Waals surface area contributed by atoms with Gasteiger partial charge in [-0.15, -0.1) is 0 Å². The van der Waals surface area contributed by atoms with Gasteiger partial charge in [0.1, 0.15) is 12.4 Å². The summed E-state index contributed by atoms with van der Waals surface area (Å²) in [7, 11) is 3.98. The molecule has 0 radical (unpaired) electrons. The summed E-state index contributed by atoms with van der Waals surface area (Å²) in [6, 6.07) is 3.55. The lowest BCUT2D eigenvalue weighted by Crippen LogP contribution is -2.31. The lowest BCUT2D eigenvalue weighted by atomic mass is 9.98. The first-order valence-corrected chi connectivity index (χ1v) is 8.58. The number of likely N-dealkylation sites (N-methyl/N-ethyl adjacent to an activating group) is 1. The van der Waals surface area contributed by atoms with Gasteiger partial charge in [-0.25, -0.2) is 9.97 Å². The molecule has 7 nitrogen and oxygen atoms in total. The molecule has 2 aromatic heterocycles. The highest BCUT2D eigenvalue weighted by Gasteiger charge is 2.26. The zero-order valence-electron chi connectivity index (χ0n) is 15.0. The molecule has 134 valence electrons. The number of aryl methyl sites for hydroxylation is 2. The smallest absolute Gasteiger partial charge is 0.229 e. The van der Waals surface area contributed by atoms with Crippen LogP contribution in [0.4, 0.5) is 5.69 Å². The Hall–Kier alpha value is -2.41. The van der Waals surface area contributed by atoms with Crippen LogP contribution in [0.5, 0.6) is 5.88 Å². The molecule has 2 aromatic rings. The van der Waals surface area contributed by atoms with Gasteiger partial charge in [0.2, 0.25) is 11.8 Å². The number of amides is 1. The number of fused-ring (bicyclic) bond motifs is 1. The zero-order chi connectivity index (χ0) is 17.8. The third-order valence-corrected chi connectivity index (χ3v) is 4.42. The number of carbonyl (C=O) groups is 1. The van der Waals surface area contributed by atoms with Crippen molar-refractivity contribution in [1.82, 2.24) is 19.4 Å². The standard InChI is InChI=1S/C18H25N5O2/c1-13-11-20-16-5-4-14(12-23(13)16)18(24)21-15-6-7-19-17(10-15)25-9-8-22(2)3/h6-7,10-11,14H,4-5,8-9,12H2,1-3H3,(H,19,21,24). The summed E-state index contributed by atoms with van der Waals surface area (Å²) in [4.78, 5) is 23.2. The van der Waals surface area contributed by atoms with Crippen LogP contribution in [-0.4, -0.2) is 52.6 Å². The summed E-state index contributed by atoms with van der Waals surface area (Å²) in [6.07, 6.45) is 5.18. The summed E-state index contributed by atoms with van der Waals surface area (Å²) in [5.74, 6) is 1.58. The van der Waals surface area contributed by atoms with E-state index < -0.39 is 0 Å². The molecule has 1 N–H and O–H groups in total. The van der Waals surface area contributed by atoms with Gasteiger partial charge in [-0.05, 0) is 33.5 Å². The molecular formula is C18H25N5O2. The number of imidazole rings is 1. The Kier molecular flexibility index (Phi) is 5.33. The Labute approximate surface area is 148 Å². The first-order chi connectivity index (χ1) is 12.0. The van der Waals surface area contributed by atoms with Crippen molar-refractivity contribution in [2.24, 2.45) is 5.92 Å². The molecule has 1 atom stereocenters. The SMILES string of the molecule is Cc1cnc2n1CC(C(=O)Nc1ccnc(OCCN(C)C)c1)CC2. The molecule has 0 aliphatic carbocycles. The van der Waals surface area contributed by atoms with Gasteiger partial charge in [0, 0.05) is 49.4 Å². The van der Waals surface area contributed by atoms with E-state index in [2.05, 4.69) is 19.9 Å². The van der Waals surface area contributed by atoms with Crippen molar-refractivity contribution in [2.75, 3.05) is 32.6 Å². The number of aromatic nitrogens is 3. The third-order valence-electron chi connectivity index (χ3n) is 4.42. The van der Waals surface area contributed by atoms with E-state index in [9.17, 15) is 4.79 Å². The molecule has 1 unspecified atom stereocenters. The van der Waals surface area contributed by atoms with Gasteiger partial charge in [0.25, 0.3) is 0 Å². The van der Waals surface area contributed by atoms with E-state index >= 15 is 0 Å². The van der Waals surface area contributed by atoms with Crippen molar-refractivity contribution in [3.05, 3.63) is 36.0 Å². The fourth-order valence-electron chi connectivity index (χ4n) is 2.93. The Balaban J connectivity index is 1.59. The van der Waals surface area contributed by atoms with Crippen molar-refractivity contribution in [3.8, 4) is 5.88 Å². The third kappa shape index (κ3) is 4.36. The maximum absolute atomic E-state index is 12.6. The maximum Gasteiger partial charge on any atom is 0.229 e. The molecular weight excluding hydrogens is 318 g/mol. The fraction of sp³-hybridized carbons (Fsp3) is 0.500.